The molecule has 0 saturated carbocycles. The number of hydrogen-bond acceptors (Lipinski definition) is 4. The summed E-state index contributed by atoms with van der Waals surface area (Å²) in [7, 11) is 0. The fourth-order valence-electron chi connectivity index (χ4n) is 2.44. The van der Waals surface area contributed by atoms with E-state index in [4.69, 9.17) is 0 Å². The summed E-state index contributed by atoms with van der Waals surface area (Å²) in [4.78, 5) is 12.0. The van der Waals surface area contributed by atoms with Crippen LogP contribution >= 0.6 is 0 Å². The summed E-state index contributed by atoms with van der Waals surface area (Å²) >= 11 is 0. The standard InChI is InChI=1S/C17H16F2N2O4/c18-17(19)24-14-7-6-12(9-15(14)25-17)20-16(23)21-13(10-22)8-11-4-2-1-3-5-11/h1-7,9,13,22H,8,10H2,(H2,20,21,23). The number of halogens is 2. The van der Waals surface area contributed by atoms with Crippen molar-refractivity contribution in [3.8, 4) is 11.5 Å². The Balaban J connectivity index is 1.59. The van der Waals surface area contributed by atoms with Gasteiger partial charge in [-0.3, -0.25) is 0 Å². The second kappa shape index (κ2) is 6.94. The third-order valence-corrected chi connectivity index (χ3v) is 3.54. The number of fused-ring (bicyclic) bond motifs is 1. The zero-order valence-corrected chi connectivity index (χ0v) is 13.0. The third-order valence-electron chi connectivity index (χ3n) is 3.54. The predicted octanol–water partition coefficient (Wildman–Crippen LogP) is 2.73. The molecule has 0 fully saturated rings. The number of alkyl halides is 2. The van der Waals surface area contributed by atoms with Crippen molar-refractivity contribution >= 4 is 11.7 Å². The first-order valence-electron chi connectivity index (χ1n) is 7.57. The van der Waals surface area contributed by atoms with E-state index in [1.807, 2.05) is 30.3 Å². The normalized spacial score (nSPS) is 15.5. The van der Waals surface area contributed by atoms with E-state index in [1.54, 1.807) is 0 Å². The molecule has 1 aliphatic heterocycles. The maximum Gasteiger partial charge on any atom is 0.586 e. The van der Waals surface area contributed by atoms with Gasteiger partial charge in [0, 0.05) is 11.8 Å². The van der Waals surface area contributed by atoms with Gasteiger partial charge in [-0.2, -0.15) is 0 Å². The highest BCUT2D eigenvalue weighted by molar-refractivity contribution is 5.89. The minimum atomic E-state index is -3.71. The zero-order valence-electron chi connectivity index (χ0n) is 13.0. The number of nitrogens with one attached hydrogen (secondary N) is 2. The highest BCUT2D eigenvalue weighted by Gasteiger charge is 2.43. The summed E-state index contributed by atoms with van der Waals surface area (Å²) in [6.45, 7) is -0.240. The molecule has 132 valence electrons. The summed E-state index contributed by atoms with van der Waals surface area (Å²) in [5.41, 5.74) is 1.22. The molecule has 0 saturated heterocycles. The third kappa shape index (κ3) is 4.36. The SMILES string of the molecule is O=C(Nc1ccc2c(c1)OC(F)(F)O2)NC(CO)Cc1ccccc1. The molecule has 2 aromatic carbocycles. The molecule has 6 nitrogen and oxygen atoms in total. The Morgan fingerprint density at radius 2 is 1.84 bits per heavy atom. The zero-order chi connectivity index (χ0) is 17.9. The molecule has 0 radical (unpaired) electrons. The van der Waals surface area contributed by atoms with E-state index in [-0.39, 0.29) is 23.8 Å². The van der Waals surface area contributed by atoms with Crippen LogP contribution in [0.1, 0.15) is 5.56 Å². The molecule has 1 atom stereocenters. The lowest BCUT2D eigenvalue weighted by molar-refractivity contribution is -0.286. The number of hydrogen-bond donors (Lipinski definition) is 3. The van der Waals surface area contributed by atoms with Gasteiger partial charge in [-0.15, -0.1) is 8.78 Å². The van der Waals surface area contributed by atoms with Crippen LogP contribution < -0.4 is 20.1 Å². The molecule has 0 spiro atoms. The van der Waals surface area contributed by atoms with Crippen molar-refractivity contribution in [2.24, 2.45) is 0 Å². The summed E-state index contributed by atoms with van der Waals surface area (Å²) in [5.74, 6) is -0.265. The van der Waals surface area contributed by atoms with Crippen LogP contribution in [-0.2, 0) is 6.42 Å². The Hall–Kier alpha value is -2.87. The highest BCUT2D eigenvalue weighted by Crippen LogP contribution is 2.42. The summed E-state index contributed by atoms with van der Waals surface area (Å²) in [6.07, 6.45) is -3.25. The Labute approximate surface area is 142 Å². The minimum Gasteiger partial charge on any atom is -0.395 e. The summed E-state index contributed by atoms with van der Waals surface area (Å²) in [5, 5.41) is 14.6. The highest BCUT2D eigenvalue weighted by atomic mass is 19.3. The van der Waals surface area contributed by atoms with Gasteiger partial charge in [0.15, 0.2) is 11.5 Å². The fourth-order valence-corrected chi connectivity index (χ4v) is 2.44. The Morgan fingerprint density at radius 1 is 1.12 bits per heavy atom. The number of amides is 2. The second-order valence-electron chi connectivity index (χ2n) is 5.50. The van der Waals surface area contributed by atoms with Gasteiger partial charge >= 0.3 is 12.3 Å². The Bertz CT molecular complexity index is 756. The molecule has 1 heterocycles. The van der Waals surface area contributed by atoms with Crippen LogP contribution in [0, 0.1) is 0 Å². The lowest BCUT2D eigenvalue weighted by Crippen LogP contribution is -2.41. The fraction of sp³-hybridized carbons (Fsp3) is 0.235. The van der Waals surface area contributed by atoms with Crippen LogP contribution in [0.4, 0.5) is 19.3 Å². The molecule has 0 bridgehead atoms. The second-order valence-corrected chi connectivity index (χ2v) is 5.50. The van der Waals surface area contributed by atoms with Crippen molar-refractivity contribution in [2.45, 2.75) is 18.8 Å². The van der Waals surface area contributed by atoms with Gasteiger partial charge in [-0.25, -0.2) is 4.79 Å². The summed E-state index contributed by atoms with van der Waals surface area (Å²) in [6, 6.07) is 12.3. The maximum atomic E-state index is 13.0. The number of carbonyl (C=O) groups is 1. The molecular weight excluding hydrogens is 334 g/mol. The average Bonchev–Trinajstić information content (AvgIpc) is 2.88. The van der Waals surface area contributed by atoms with Gasteiger partial charge in [-0.1, -0.05) is 30.3 Å². The monoisotopic (exact) mass is 350 g/mol. The van der Waals surface area contributed by atoms with Crippen LogP contribution in [-0.4, -0.2) is 30.1 Å². The van der Waals surface area contributed by atoms with Crippen molar-refractivity contribution in [2.75, 3.05) is 11.9 Å². The van der Waals surface area contributed by atoms with Crippen LogP contribution in [0.3, 0.4) is 0 Å². The number of rotatable bonds is 5. The smallest absolute Gasteiger partial charge is 0.395 e. The molecular formula is C17H16F2N2O4. The topological polar surface area (TPSA) is 79.8 Å². The number of anilines is 1. The molecule has 2 amide bonds. The van der Waals surface area contributed by atoms with Crippen molar-refractivity contribution < 1.29 is 28.2 Å². The molecule has 25 heavy (non-hydrogen) atoms. The van der Waals surface area contributed by atoms with E-state index < -0.39 is 18.4 Å². The first-order chi connectivity index (χ1) is 11.9. The Kier molecular flexibility index (Phi) is 4.71. The predicted molar refractivity (Wildman–Crippen MR) is 85.8 cm³/mol. The van der Waals surface area contributed by atoms with Gasteiger partial charge < -0.3 is 25.2 Å². The Morgan fingerprint density at radius 3 is 2.56 bits per heavy atom. The van der Waals surface area contributed by atoms with E-state index in [1.165, 1.54) is 18.2 Å². The summed E-state index contributed by atoms with van der Waals surface area (Å²) < 4.78 is 34.6. The van der Waals surface area contributed by atoms with Crippen molar-refractivity contribution in [1.29, 1.82) is 0 Å². The average molecular weight is 350 g/mol. The molecule has 3 N–H and O–H groups in total. The number of aliphatic hydroxyl groups is 1. The molecule has 1 aliphatic rings. The lowest BCUT2D eigenvalue weighted by Gasteiger charge is -2.17. The van der Waals surface area contributed by atoms with Crippen molar-refractivity contribution in [3.63, 3.8) is 0 Å². The van der Waals surface area contributed by atoms with Crippen LogP contribution in [0.25, 0.3) is 0 Å². The quantitative estimate of drug-likeness (QED) is 0.775. The minimum absolute atomic E-state index is 0.103. The van der Waals surface area contributed by atoms with Crippen LogP contribution in [0.2, 0.25) is 0 Å². The number of ether oxygens (including phenoxy) is 2. The first-order valence-corrected chi connectivity index (χ1v) is 7.57. The molecule has 0 aliphatic carbocycles. The number of urea groups is 1. The maximum absolute atomic E-state index is 13.0. The van der Waals surface area contributed by atoms with Gasteiger partial charge in [0.05, 0.1) is 12.6 Å². The van der Waals surface area contributed by atoms with Crippen molar-refractivity contribution in [3.05, 3.63) is 54.1 Å². The molecule has 8 heteroatoms. The van der Waals surface area contributed by atoms with E-state index in [9.17, 15) is 18.7 Å². The van der Waals surface area contributed by atoms with Gasteiger partial charge in [0.25, 0.3) is 0 Å². The number of carbonyl (C=O) groups excluding carboxylic acids is 1. The van der Waals surface area contributed by atoms with E-state index >= 15 is 0 Å². The van der Waals surface area contributed by atoms with E-state index in [2.05, 4.69) is 20.1 Å². The van der Waals surface area contributed by atoms with Gasteiger partial charge in [0.1, 0.15) is 0 Å². The van der Waals surface area contributed by atoms with Gasteiger partial charge in [-0.05, 0) is 24.1 Å². The first kappa shape index (κ1) is 17.0. The van der Waals surface area contributed by atoms with Crippen LogP contribution in [0.15, 0.2) is 48.5 Å². The van der Waals surface area contributed by atoms with Crippen LogP contribution in [0.5, 0.6) is 11.5 Å². The molecule has 3 rings (SSSR count). The molecule has 1 unspecified atom stereocenters. The largest absolute Gasteiger partial charge is 0.586 e. The lowest BCUT2D eigenvalue weighted by atomic mass is 10.1. The number of benzene rings is 2. The van der Waals surface area contributed by atoms with E-state index in [0.29, 0.717) is 6.42 Å². The van der Waals surface area contributed by atoms with E-state index in [0.717, 1.165) is 5.56 Å². The van der Waals surface area contributed by atoms with Gasteiger partial charge in [0.2, 0.25) is 0 Å². The number of aliphatic hydroxyl groups excluding tert-OH is 1. The van der Waals surface area contributed by atoms with Crippen molar-refractivity contribution in [1.82, 2.24) is 5.32 Å². The molecule has 2 aromatic rings. The molecule has 0 aromatic heterocycles.